The summed E-state index contributed by atoms with van der Waals surface area (Å²) in [5, 5.41) is 0. The molecule has 0 radical (unpaired) electrons. The molecule has 0 bridgehead atoms. The van der Waals surface area contributed by atoms with Crippen molar-refractivity contribution in [3.63, 3.8) is 0 Å². The maximum Gasteiger partial charge on any atom is 0.160 e. The second kappa shape index (κ2) is 7.72. The number of nitrogens with zero attached hydrogens (tertiary/aromatic N) is 2. The summed E-state index contributed by atoms with van der Waals surface area (Å²) in [4.78, 5) is 9.62. The number of aromatic nitrogens is 2. The molecule has 4 heteroatoms. The molecule has 0 spiro atoms. The lowest BCUT2D eigenvalue weighted by molar-refractivity contribution is 0.415. The predicted molar refractivity (Wildman–Crippen MR) is 113 cm³/mol. The van der Waals surface area contributed by atoms with Gasteiger partial charge in [0.2, 0.25) is 0 Å². The molecule has 0 aliphatic carbocycles. The van der Waals surface area contributed by atoms with Gasteiger partial charge in [-0.3, -0.25) is 0 Å². The molecule has 0 fully saturated rings. The topological polar surface area (TPSA) is 35.0 Å². The normalized spacial score (nSPS) is 10.6. The minimum atomic E-state index is 0.710. The van der Waals surface area contributed by atoms with E-state index >= 15 is 0 Å². The molecule has 4 aromatic rings. The second-order valence-electron chi connectivity index (χ2n) is 6.06. The number of hydrogen-bond acceptors (Lipinski definition) is 3. The number of hydrogen-bond donors (Lipinski definition) is 0. The van der Waals surface area contributed by atoms with Crippen LogP contribution in [0.2, 0.25) is 0 Å². The van der Waals surface area contributed by atoms with Crippen LogP contribution in [0.3, 0.4) is 0 Å². The molecule has 0 unspecified atom stereocenters. The van der Waals surface area contributed by atoms with Crippen molar-refractivity contribution in [3.05, 3.63) is 89.4 Å². The number of halogens is 1. The first-order valence-electron chi connectivity index (χ1n) is 8.58. The Labute approximate surface area is 166 Å². The third-order valence-corrected chi connectivity index (χ3v) is 4.81. The van der Waals surface area contributed by atoms with E-state index in [0.29, 0.717) is 5.82 Å². The molecule has 27 heavy (non-hydrogen) atoms. The Bertz CT molecular complexity index is 1050. The Morgan fingerprint density at radius 2 is 1.22 bits per heavy atom. The van der Waals surface area contributed by atoms with E-state index in [9.17, 15) is 0 Å². The van der Waals surface area contributed by atoms with Crippen LogP contribution in [0, 0.1) is 0 Å². The highest BCUT2D eigenvalue weighted by atomic mass is 79.9. The van der Waals surface area contributed by atoms with Crippen molar-refractivity contribution in [3.8, 4) is 39.7 Å². The fourth-order valence-corrected chi connectivity index (χ4v) is 3.11. The summed E-state index contributed by atoms with van der Waals surface area (Å²) < 4.78 is 6.31. The van der Waals surface area contributed by atoms with E-state index in [1.807, 2.05) is 72.8 Å². The molecule has 0 aliphatic heterocycles. The lowest BCUT2D eigenvalue weighted by Crippen LogP contribution is -1.95. The van der Waals surface area contributed by atoms with E-state index in [1.54, 1.807) is 7.11 Å². The minimum absolute atomic E-state index is 0.710. The Balaban J connectivity index is 1.87. The van der Waals surface area contributed by atoms with E-state index in [2.05, 4.69) is 28.1 Å². The van der Waals surface area contributed by atoms with Crippen molar-refractivity contribution in [2.45, 2.75) is 0 Å². The fraction of sp³-hybridized carbons (Fsp3) is 0.0435. The third kappa shape index (κ3) is 3.91. The van der Waals surface area contributed by atoms with Crippen molar-refractivity contribution in [2.75, 3.05) is 7.11 Å². The van der Waals surface area contributed by atoms with Gasteiger partial charge in [0.1, 0.15) is 5.75 Å². The number of rotatable bonds is 4. The number of benzene rings is 3. The average Bonchev–Trinajstić information content (AvgIpc) is 2.74. The zero-order valence-corrected chi connectivity index (χ0v) is 16.3. The summed E-state index contributed by atoms with van der Waals surface area (Å²) in [5.41, 5.74) is 4.83. The standard InChI is InChI=1S/C23H17BrN2O/c1-27-20-13-9-17(10-14-20)22-15-21(16-7-11-19(24)12-8-16)25-23(26-22)18-5-3-2-4-6-18/h2-15H,1H3. The van der Waals surface area contributed by atoms with Gasteiger partial charge in [-0.15, -0.1) is 0 Å². The quantitative estimate of drug-likeness (QED) is 0.394. The molecule has 1 heterocycles. The lowest BCUT2D eigenvalue weighted by Gasteiger charge is -2.10. The van der Waals surface area contributed by atoms with Crippen molar-refractivity contribution < 1.29 is 4.74 Å². The molecule has 3 nitrogen and oxygen atoms in total. The van der Waals surface area contributed by atoms with E-state index in [-0.39, 0.29) is 0 Å². The highest BCUT2D eigenvalue weighted by Crippen LogP contribution is 2.29. The summed E-state index contributed by atoms with van der Waals surface area (Å²) in [6.07, 6.45) is 0. The second-order valence-corrected chi connectivity index (χ2v) is 6.98. The Morgan fingerprint density at radius 1 is 0.667 bits per heavy atom. The van der Waals surface area contributed by atoms with E-state index < -0.39 is 0 Å². The minimum Gasteiger partial charge on any atom is -0.497 e. The average molecular weight is 417 g/mol. The van der Waals surface area contributed by atoms with Gasteiger partial charge in [-0.1, -0.05) is 58.4 Å². The van der Waals surface area contributed by atoms with Crippen LogP contribution in [-0.2, 0) is 0 Å². The van der Waals surface area contributed by atoms with Crippen LogP contribution in [0.4, 0.5) is 0 Å². The van der Waals surface area contributed by atoms with Crippen LogP contribution in [0.25, 0.3) is 33.9 Å². The monoisotopic (exact) mass is 416 g/mol. The molecule has 0 N–H and O–H groups in total. The maximum absolute atomic E-state index is 5.27. The molecule has 0 saturated carbocycles. The molecular formula is C23H17BrN2O. The van der Waals surface area contributed by atoms with Crippen molar-refractivity contribution in [2.24, 2.45) is 0 Å². The number of ether oxygens (including phenoxy) is 1. The van der Waals surface area contributed by atoms with Gasteiger partial charge in [0.25, 0.3) is 0 Å². The van der Waals surface area contributed by atoms with Gasteiger partial charge in [-0.25, -0.2) is 9.97 Å². The summed E-state index contributed by atoms with van der Waals surface area (Å²) in [7, 11) is 1.67. The molecule has 3 aromatic carbocycles. The Morgan fingerprint density at radius 3 is 1.78 bits per heavy atom. The Hall–Kier alpha value is -2.98. The molecule has 0 atom stereocenters. The summed E-state index contributed by atoms with van der Waals surface area (Å²) in [6, 6.07) is 28.1. The van der Waals surface area contributed by atoms with E-state index in [1.165, 1.54) is 0 Å². The van der Waals surface area contributed by atoms with Gasteiger partial charge in [-0.05, 0) is 42.5 Å². The van der Waals surface area contributed by atoms with Crippen LogP contribution < -0.4 is 4.74 Å². The predicted octanol–water partition coefficient (Wildman–Crippen LogP) is 6.25. The first-order valence-corrected chi connectivity index (χ1v) is 9.37. The SMILES string of the molecule is COc1ccc(-c2cc(-c3ccc(Br)cc3)nc(-c3ccccc3)n2)cc1. The van der Waals surface area contributed by atoms with Crippen LogP contribution in [-0.4, -0.2) is 17.1 Å². The summed E-state index contributed by atoms with van der Waals surface area (Å²) in [5.74, 6) is 1.53. The van der Waals surface area contributed by atoms with E-state index in [4.69, 9.17) is 14.7 Å². The highest BCUT2D eigenvalue weighted by Gasteiger charge is 2.10. The first-order chi connectivity index (χ1) is 13.2. The Kier molecular flexibility index (Phi) is 4.99. The van der Waals surface area contributed by atoms with Crippen molar-refractivity contribution in [1.82, 2.24) is 9.97 Å². The molecule has 0 saturated heterocycles. The van der Waals surface area contributed by atoms with E-state index in [0.717, 1.165) is 38.3 Å². The van der Waals surface area contributed by atoms with Gasteiger partial charge in [0.15, 0.2) is 5.82 Å². The largest absolute Gasteiger partial charge is 0.497 e. The van der Waals surface area contributed by atoms with Crippen molar-refractivity contribution in [1.29, 1.82) is 0 Å². The highest BCUT2D eigenvalue weighted by molar-refractivity contribution is 9.10. The van der Waals surface area contributed by atoms with Crippen molar-refractivity contribution >= 4 is 15.9 Å². The fourth-order valence-electron chi connectivity index (χ4n) is 2.84. The molecule has 0 aliphatic rings. The lowest BCUT2D eigenvalue weighted by atomic mass is 10.1. The third-order valence-electron chi connectivity index (χ3n) is 4.28. The van der Waals surface area contributed by atoms with Crippen LogP contribution >= 0.6 is 15.9 Å². The molecule has 132 valence electrons. The number of methoxy groups -OCH3 is 1. The zero-order valence-electron chi connectivity index (χ0n) is 14.8. The van der Waals surface area contributed by atoms with Gasteiger partial charge in [0, 0.05) is 21.2 Å². The smallest absolute Gasteiger partial charge is 0.160 e. The molecule has 4 rings (SSSR count). The molecule has 1 aromatic heterocycles. The van der Waals surface area contributed by atoms with Crippen LogP contribution in [0.5, 0.6) is 5.75 Å². The first kappa shape index (κ1) is 17.4. The van der Waals surface area contributed by atoms with Crippen LogP contribution in [0.15, 0.2) is 89.4 Å². The van der Waals surface area contributed by atoms with Gasteiger partial charge >= 0.3 is 0 Å². The zero-order chi connectivity index (χ0) is 18.6. The molecule has 0 amide bonds. The van der Waals surface area contributed by atoms with Gasteiger partial charge < -0.3 is 4.74 Å². The summed E-state index contributed by atoms with van der Waals surface area (Å²) >= 11 is 3.49. The van der Waals surface area contributed by atoms with Crippen LogP contribution in [0.1, 0.15) is 0 Å². The van der Waals surface area contributed by atoms with Gasteiger partial charge in [0.05, 0.1) is 18.5 Å². The maximum atomic E-state index is 5.27. The van der Waals surface area contributed by atoms with Gasteiger partial charge in [-0.2, -0.15) is 0 Å². The molecular weight excluding hydrogens is 400 g/mol. The summed E-state index contributed by atoms with van der Waals surface area (Å²) in [6.45, 7) is 0.